The van der Waals surface area contributed by atoms with Crippen molar-refractivity contribution in [1.29, 1.82) is 0 Å². The maximum Gasteiger partial charge on any atom is 0.132 e. The zero-order valence-corrected chi connectivity index (χ0v) is 24.0. The molecule has 0 spiro atoms. The third kappa shape index (κ3) is 6.30. The molecule has 0 saturated heterocycles. The minimum Gasteiger partial charge on any atom is -0.485 e. The van der Waals surface area contributed by atoms with Crippen LogP contribution in [0.2, 0.25) is 0 Å². The van der Waals surface area contributed by atoms with Crippen molar-refractivity contribution in [3.05, 3.63) is 143 Å². The second-order valence-corrected chi connectivity index (χ2v) is 11.4. The van der Waals surface area contributed by atoms with E-state index < -0.39 is 5.60 Å². The van der Waals surface area contributed by atoms with Crippen molar-refractivity contribution in [2.24, 2.45) is 0 Å². The minimum atomic E-state index is -0.595. The molecule has 0 aliphatic carbocycles. The number of benzene rings is 5. The fourth-order valence-electron chi connectivity index (χ4n) is 5.49. The molecule has 0 radical (unpaired) electrons. The molecular weight excluding hydrogens is 506 g/mol. The molecule has 5 aromatic carbocycles. The first-order valence-electron chi connectivity index (χ1n) is 14.3. The van der Waals surface area contributed by atoms with Gasteiger partial charge in [0.1, 0.15) is 23.6 Å². The van der Waals surface area contributed by atoms with Crippen LogP contribution in [0.25, 0.3) is 10.8 Å². The quantitative estimate of drug-likeness (QED) is 0.202. The normalized spacial score (nSPS) is 17.5. The van der Waals surface area contributed by atoms with E-state index in [-0.39, 0.29) is 12.2 Å². The van der Waals surface area contributed by atoms with Gasteiger partial charge >= 0.3 is 0 Å². The summed E-state index contributed by atoms with van der Waals surface area (Å²) in [5.74, 6) is 0.833. The number of aryl methyl sites for hydroxylation is 1. The van der Waals surface area contributed by atoms with Crippen molar-refractivity contribution in [1.82, 2.24) is 0 Å². The van der Waals surface area contributed by atoms with Gasteiger partial charge in [-0.1, -0.05) is 96.6 Å². The molecule has 1 aliphatic rings. The van der Waals surface area contributed by atoms with Gasteiger partial charge in [-0.25, -0.2) is 0 Å². The van der Waals surface area contributed by atoms with Crippen LogP contribution >= 0.6 is 0 Å². The van der Waals surface area contributed by atoms with Crippen LogP contribution in [0.3, 0.4) is 0 Å². The molecule has 1 aliphatic heterocycles. The van der Waals surface area contributed by atoms with Crippen molar-refractivity contribution < 1.29 is 14.2 Å². The summed E-state index contributed by atoms with van der Waals surface area (Å²) in [5.41, 5.74) is 6.17. The van der Waals surface area contributed by atoms with Gasteiger partial charge in [-0.2, -0.15) is 0 Å². The molecule has 208 valence electrons. The summed E-state index contributed by atoms with van der Waals surface area (Å²) in [6, 6.07) is 40.1. The van der Waals surface area contributed by atoms with Gasteiger partial charge in [-0.15, -0.1) is 0 Å². The first-order chi connectivity index (χ1) is 19.9. The Morgan fingerprint density at radius 1 is 0.683 bits per heavy atom. The van der Waals surface area contributed by atoms with Crippen LogP contribution in [0.15, 0.2) is 115 Å². The van der Waals surface area contributed by atoms with E-state index in [9.17, 15) is 0 Å². The van der Waals surface area contributed by atoms with Crippen LogP contribution in [0.1, 0.15) is 47.8 Å². The Morgan fingerprint density at radius 2 is 1.39 bits per heavy atom. The van der Waals surface area contributed by atoms with E-state index in [4.69, 9.17) is 14.2 Å². The highest BCUT2D eigenvalue weighted by molar-refractivity contribution is 5.82. The lowest BCUT2D eigenvalue weighted by atomic mass is 9.87. The molecule has 4 heteroatoms. The largest absolute Gasteiger partial charge is 0.485 e. The van der Waals surface area contributed by atoms with E-state index in [1.807, 2.05) is 24.3 Å². The highest BCUT2D eigenvalue weighted by Gasteiger charge is 2.45. The van der Waals surface area contributed by atoms with Crippen LogP contribution in [0.4, 0.5) is 5.69 Å². The summed E-state index contributed by atoms with van der Waals surface area (Å²) in [7, 11) is 0. The standard InChI is InChI=1S/C37H37NO3/c1-26-13-15-27(16-14-26)23-38-32-19-20-34-33(22-32)35(39-24-28-9-5-4-6-10-28)36(37(2,3)41-34)40-25-29-17-18-30-11-7-8-12-31(30)21-29/h4-22,35-36,38H,23-25H2,1-3H3. The predicted molar refractivity (Wildman–Crippen MR) is 166 cm³/mol. The van der Waals surface area contributed by atoms with E-state index in [0.29, 0.717) is 13.2 Å². The lowest BCUT2D eigenvalue weighted by Gasteiger charge is -2.44. The number of fused-ring (bicyclic) bond motifs is 2. The van der Waals surface area contributed by atoms with Crippen LogP contribution in [-0.4, -0.2) is 11.7 Å². The van der Waals surface area contributed by atoms with Gasteiger partial charge < -0.3 is 19.5 Å². The van der Waals surface area contributed by atoms with Crippen molar-refractivity contribution in [2.75, 3.05) is 5.32 Å². The summed E-state index contributed by atoms with van der Waals surface area (Å²) in [6.07, 6.45) is -0.631. The molecule has 2 atom stereocenters. The number of nitrogens with one attached hydrogen (secondary N) is 1. The SMILES string of the molecule is Cc1ccc(CNc2ccc3c(c2)C(OCc2ccccc2)C(OCc2ccc4ccccc4c2)C(C)(C)O3)cc1. The Kier molecular flexibility index (Phi) is 7.78. The van der Waals surface area contributed by atoms with E-state index in [0.717, 1.165) is 34.7 Å². The molecule has 5 aromatic rings. The summed E-state index contributed by atoms with van der Waals surface area (Å²) in [5, 5.41) is 6.01. The second-order valence-electron chi connectivity index (χ2n) is 11.4. The molecule has 0 fully saturated rings. The first-order valence-corrected chi connectivity index (χ1v) is 14.3. The van der Waals surface area contributed by atoms with Crippen LogP contribution < -0.4 is 10.1 Å². The third-order valence-electron chi connectivity index (χ3n) is 7.78. The van der Waals surface area contributed by atoms with Crippen LogP contribution in [0, 0.1) is 6.92 Å². The lowest BCUT2D eigenvalue weighted by Crippen LogP contribution is -2.50. The Morgan fingerprint density at radius 3 is 2.20 bits per heavy atom. The summed E-state index contributed by atoms with van der Waals surface area (Å²) in [6.45, 7) is 7.97. The first kappa shape index (κ1) is 27.1. The summed E-state index contributed by atoms with van der Waals surface area (Å²) >= 11 is 0. The number of anilines is 1. The second kappa shape index (κ2) is 11.8. The molecular formula is C37H37NO3. The topological polar surface area (TPSA) is 39.7 Å². The smallest absolute Gasteiger partial charge is 0.132 e. The van der Waals surface area contributed by atoms with Crippen molar-refractivity contribution in [3.8, 4) is 5.75 Å². The molecule has 2 unspecified atom stereocenters. The fraction of sp³-hybridized carbons (Fsp3) is 0.243. The Bertz CT molecular complexity index is 1610. The predicted octanol–water partition coefficient (Wildman–Crippen LogP) is 8.77. The van der Waals surface area contributed by atoms with Crippen molar-refractivity contribution >= 4 is 16.5 Å². The Labute approximate surface area is 242 Å². The zero-order valence-electron chi connectivity index (χ0n) is 24.0. The maximum absolute atomic E-state index is 6.70. The molecule has 1 N–H and O–H groups in total. The Hall–Kier alpha value is -4.12. The van der Waals surface area contributed by atoms with Gasteiger partial charge in [0.2, 0.25) is 0 Å². The molecule has 0 saturated carbocycles. The van der Waals surface area contributed by atoms with Crippen LogP contribution in [0.5, 0.6) is 5.75 Å². The average molecular weight is 544 g/mol. The van der Waals surface area contributed by atoms with Gasteiger partial charge in [0.15, 0.2) is 0 Å². The molecule has 41 heavy (non-hydrogen) atoms. The van der Waals surface area contributed by atoms with E-state index in [1.54, 1.807) is 0 Å². The highest BCUT2D eigenvalue weighted by Crippen LogP contribution is 2.45. The molecule has 0 amide bonds. The number of rotatable bonds is 9. The van der Waals surface area contributed by atoms with Crippen molar-refractivity contribution in [3.63, 3.8) is 0 Å². The van der Waals surface area contributed by atoms with Gasteiger partial charge in [0.25, 0.3) is 0 Å². The highest BCUT2D eigenvalue weighted by atomic mass is 16.6. The monoisotopic (exact) mass is 543 g/mol. The fourth-order valence-corrected chi connectivity index (χ4v) is 5.49. The maximum atomic E-state index is 6.70. The van der Waals surface area contributed by atoms with Crippen molar-refractivity contribution in [2.45, 2.75) is 58.3 Å². The van der Waals surface area contributed by atoms with E-state index in [2.05, 4.69) is 117 Å². The molecule has 0 aromatic heterocycles. The number of ether oxygens (including phenoxy) is 3. The number of hydrogen-bond acceptors (Lipinski definition) is 4. The average Bonchev–Trinajstić information content (AvgIpc) is 2.99. The zero-order chi connectivity index (χ0) is 28.2. The van der Waals surface area contributed by atoms with E-state index >= 15 is 0 Å². The van der Waals surface area contributed by atoms with Gasteiger partial charge in [-0.3, -0.25) is 0 Å². The van der Waals surface area contributed by atoms with Crippen LogP contribution in [-0.2, 0) is 29.2 Å². The lowest BCUT2D eigenvalue weighted by molar-refractivity contribution is -0.170. The van der Waals surface area contributed by atoms with E-state index in [1.165, 1.54) is 21.9 Å². The minimum absolute atomic E-state index is 0.310. The molecule has 1 heterocycles. The van der Waals surface area contributed by atoms with Gasteiger partial charge in [0, 0.05) is 17.8 Å². The van der Waals surface area contributed by atoms with Gasteiger partial charge in [0.05, 0.1) is 13.2 Å². The third-order valence-corrected chi connectivity index (χ3v) is 7.78. The summed E-state index contributed by atoms with van der Waals surface area (Å²) in [4.78, 5) is 0. The molecule has 4 nitrogen and oxygen atoms in total. The molecule has 0 bridgehead atoms. The summed E-state index contributed by atoms with van der Waals surface area (Å²) < 4.78 is 20.0. The molecule has 6 rings (SSSR count). The number of hydrogen-bond donors (Lipinski definition) is 1. The van der Waals surface area contributed by atoms with Gasteiger partial charge in [-0.05, 0) is 72.5 Å². The Balaban J connectivity index is 1.27.